The fourth-order valence-electron chi connectivity index (χ4n) is 1.86. The van der Waals surface area contributed by atoms with Gasteiger partial charge in [-0.1, -0.05) is 58.0 Å². The molecule has 0 saturated carbocycles. The van der Waals surface area contributed by atoms with E-state index in [9.17, 15) is 4.79 Å². The van der Waals surface area contributed by atoms with Crippen LogP contribution in [0.25, 0.3) is 0 Å². The van der Waals surface area contributed by atoms with Crippen molar-refractivity contribution in [2.24, 2.45) is 0 Å². The summed E-state index contributed by atoms with van der Waals surface area (Å²) < 4.78 is 19.2. The number of unbranched alkanes of at least 4 members (excludes halogenated alkanes) is 4. The van der Waals surface area contributed by atoms with Crippen LogP contribution in [-0.4, -0.2) is 39.9 Å². The third kappa shape index (κ3) is 17.5. The molecule has 0 atom stereocenters. The third-order valence-corrected chi connectivity index (χ3v) is 4.44. The lowest BCUT2D eigenvalue weighted by molar-refractivity contribution is -0.179. The molecule has 138 valence electrons. The molecule has 0 radical (unpaired) electrons. The van der Waals surface area contributed by atoms with Crippen molar-refractivity contribution in [2.45, 2.75) is 77.6 Å². The van der Waals surface area contributed by atoms with E-state index in [1.165, 1.54) is 21.7 Å². The largest absolute Gasteiger partial charge is 0.460 e. The van der Waals surface area contributed by atoms with Crippen LogP contribution in [-0.2, 0) is 19.0 Å². The lowest BCUT2D eigenvalue weighted by Crippen LogP contribution is -2.29. The van der Waals surface area contributed by atoms with E-state index in [-0.39, 0.29) is 12.4 Å². The van der Waals surface area contributed by atoms with Crippen molar-refractivity contribution < 1.29 is 19.0 Å². The van der Waals surface area contributed by atoms with E-state index in [1.807, 2.05) is 20.8 Å². The highest BCUT2D eigenvalue weighted by Gasteiger charge is 2.21. The van der Waals surface area contributed by atoms with Gasteiger partial charge in [0.05, 0.1) is 6.42 Å². The van der Waals surface area contributed by atoms with E-state index >= 15 is 0 Å². The molecular formula is C17H32I2O4. The minimum absolute atomic E-state index is 0.163. The molecule has 0 aromatic heterocycles. The predicted molar refractivity (Wildman–Crippen MR) is 112 cm³/mol. The second-order valence-electron chi connectivity index (χ2n) is 6.46. The third-order valence-electron chi connectivity index (χ3n) is 2.92. The number of esters is 1. The summed E-state index contributed by atoms with van der Waals surface area (Å²) >= 11 is 4.77. The molecule has 0 aliphatic rings. The lowest BCUT2D eigenvalue weighted by atomic mass is 10.2. The molecule has 4 nitrogen and oxygen atoms in total. The van der Waals surface area contributed by atoms with Gasteiger partial charge in [-0.15, -0.1) is 0 Å². The van der Waals surface area contributed by atoms with Gasteiger partial charge in [0.15, 0.2) is 6.29 Å². The minimum Gasteiger partial charge on any atom is -0.460 e. The Kier molecular flexibility index (Phi) is 15.7. The Morgan fingerprint density at radius 3 is 1.74 bits per heavy atom. The average molecular weight is 554 g/mol. The fraction of sp³-hybridized carbons (Fsp3) is 0.941. The number of halogens is 2. The van der Waals surface area contributed by atoms with Crippen LogP contribution in [0, 0.1) is 0 Å². The van der Waals surface area contributed by atoms with Crippen LogP contribution in [0.15, 0.2) is 0 Å². The molecule has 0 amide bonds. The second-order valence-corrected chi connectivity index (χ2v) is 8.62. The smallest absolute Gasteiger partial charge is 0.311 e. The van der Waals surface area contributed by atoms with E-state index < -0.39 is 11.9 Å². The molecule has 0 aliphatic carbocycles. The number of carbonyl (C=O) groups is 1. The maximum absolute atomic E-state index is 12.0. The van der Waals surface area contributed by atoms with Crippen molar-refractivity contribution in [1.82, 2.24) is 0 Å². The molecule has 0 spiro atoms. The zero-order chi connectivity index (χ0) is 17.6. The normalized spacial score (nSPS) is 11.9. The first-order valence-electron chi connectivity index (χ1n) is 8.46. The molecule has 0 aromatic carbocycles. The molecule has 6 heteroatoms. The first-order valence-corrected chi connectivity index (χ1v) is 11.5. The first kappa shape index (κ1) is 23.9. The van der Waals surface area contributed by atoms with Gasteiger partial charge in [0.2, 0.25) is 0 Å². The van der Waals surface area contributed by atoms with Gasteiger partial charge < -0.3 is 14.2 Å². The Balaban J connectivity index is 4.11. The summed E-state index contributed by atoms with van der Waals surface area (Å²) in [5, 5.41) is 0. The summed E-state index contributed by atoms with van der Waals surface area (Å²) in [5.41, 5.74) is -0.470. The zero-order valence-corrected chi connectivity index (χ0v) is 19.1. The molecule has 0 aliphatic heterocycles. The molecule has 0 rings (SSSR count). The van der Waals surface area contributed by atoms with Gasteiger partial charge in [0.1, 0.15) is 5.60 Å². The van der Waals surface area contributed by atoms with Crippen LogP contribution in [0.3, 0.4) is 0 Å². The Bertz CT molecular complexity index is 279. The maximum Gasteiger partial charge on any atom is 0.311 e. The van der Waals surface area contributed by atoms with Crippen molar-refractivity contribution in [2.75, 3.05) is 22.1 Å². The number of carbonyl (C=O) groups excluding carboxylic acids is 1. The van der Waals surface area contributed by atoms with E-state index in [0.29, 0.717) is 13.2 Å². The molecular weight excluding hydrogens is 522 g/mol. The Hall–Kier alpha value is 0.850. The Labute approximate surface area is 169 Å². The van der Waals surface area contributed by atoms with Crippen LogP contribution < -0.4 is 0 Å². The highest BCUT2D eigenvalue weighted by atomic mass is 127. The molecule has 0 saturated heterocycles. The highest BCUT2D eigenvalue weighted by Crippen LogP contribution is 2.13. The van der Waals surface area contributed by atoms with Crippen LogP contribution in [0.2, 0.25) is 0 Å². The molecule has 0 fully saturated rings. The van der Waals surface area contributed by atoms with Gasteiger partial charge in [-0.3, -0.25) is 4.79 Å². The number of hydrogen-bond donors (Lipinski definition) is 0. The van der Waals surface area contributed by atoms with Gasteiger partial charge in [-0.25, -0.2) is 0 Å². The standard InChI is InChI=1S/C17H32I2O4/c1-17(2,3)23-15(20)14-16(21-12-8-4-6-10-18)22-13-9-5-7-11-19/h16H,4-14H2,1-3H3. The molecule has 0 unspecified atom stereocenters. The van der Waals surface area contributed by atoms with Gasteiger partial charge in [-0.2, -0.15) is 0 Å². The van der Waals surface area contributed by atoms with Crippen molar-refractivity contribution in [3.63, 3.8) is 0 Å². The summed E-state index contributed by atoms with van der Waals surface area (Å²) in [6.07, 6.45) is 6.41. The average Bonchev–Trinajstić information content (AvgIpc) is 2.44. The van der Waals surface area contributed by atoms with Crippen molar-refractivity contribution in [3.05, 3.63) is 0 Å². The SMILES string of the molecule is CC(C)(C)OC(=O)CC(OCCCCCI)OCCCCCI. The molecule has 0 N–H and O–H groups in total. The summed E-state index contributed by atoms with van der Waals surface area (Å²) in [5.74, 6) is -0.262. The minimum atomic E-state index is -0.482. The lowest BCUT2D eigenvalue weighted by Gasteiger charge is -2.22. The quantitative estimate of drug-likeness (QED) is 0.0964. The van der Waals surface area contributed by atoms with Gasteiger partial charge in [0, 0.05) is 13.2 Å². The van der Waals surface area contributed by atoms with Gasteiger partial charge >= 0.3 is 5.97 Å². The number of ether oxygens (including phenoxy) is 3. The van der Waals surface area contributed by atoms with Crippen molar-refractivity contribution in [3.8, 4) is 0 Å². The molecule has 23 heavy (non-hydrogen) atoms. The van der Waals surface area contributed by atoms with Crippen LogP contribution in [0.1, 0.15) is 65.7 Å². The molecule has 0 heterocycles. The fourth-order valence-corrected chi connectivity index (χ4v) is 2.94. The maximum atomic E-state index is 12.0. The van der Waals surface area contributed by atoms with Crippen LogP contribution >= 0.6 is 45.2 Å². The summed E-state index contributed by atoms with van der Waals surface area (Å²) in [4.78, 5) is 12.0. The van der Waals surface area contributed by atoms with Crippen LogP contribution in [0.4, 0.5) is 0 Å². The highest BCUT2D eigenvalue weighted by molar-refractivity contribution is 14.1. The monoisotopic (exact) mass is 554 g/mol. The zero-order valence-electron chi connectivity index (χ0n) is 14.7. The van der Waals surface area contributed by atoms with E-state index in [0.717, 1.165) is 25.7 Å². The van der Waals surface area contributed by atoms with E-state index in [1.54, 1.807) is 0 Å². The van der Waals surface area contributed by atoms with Crippen molar-refractivity contribution in [1.29, 1.82) is 0 Å². The summed E-state index contributed by atoms with van der Waals surface area (Å²) in [7, 11) is 0. The number of hydrogen-bond acceptors (Lipinski definition) is 4. The number of rotatable bonds is 14. The topological polar surface area (TPSA) is 44.8 Å². The first-order chi connectivity index (χ1) is 10.9. The van der Waals surface area contributed by atoms with E-state index in [2.05, 4.69) is 45.2 Å². The summed E-state index contributed by atoms with van der Waals surface area (Å²) in [6.45, 7) is 6.89. The van der Waals surface area contributed by atoms with Crippen LogP contribution in [0.5, 0.6) is 0 Å². The van der Waals surface area contributed by atoms with E-state index in [4.69, 9.17) is 14.2 Å². The molecule has 0 aromatic rings. The number of alkyl halides is 2. The van der Waals surface area contributed by atoms with Crippen molar-refractivity contribution >= 4 is 51.2 Å². The summed E-state index contributed by atoms with van der Waals surface area (Å²) in [6, 6.07) is 0. The predicted octanol–water partition coefficient (Wildman–Crippen LogP) is 5.29. The second kappa shape index (κ2) is 15.1. The van der Waals surface area contributed by atoms with Gasteiger partial charge in [0.25, 0.3) is 0 Å². The van der Waals surface area contributed by atoms with Gasteiger partial charge in [-0.05, 0) is 55.3 Å². The Morgan fingerprint density at radius 2 is 1.35 bits per heavy atom. The Morgan fingerprint density at radius 1 is 0.870 bits per heavy atom. The molecule has 0 bridgehead atoms.